The lowest BCUT2D eigenvalue weighted by molar-refractivity contribution is 0.0168. The molecule has 0 aliphatic heterocycles. The summed E-state index contributed by atoms with van der Waals surface area (Å²) in [6.07, 6.45) is 3.78. The first-order chi connectivity index (χ1) is 11.5. The average Bonchev–Trinajstić information content (AvgIpc) is 2.44. The van der Waals surface area contributed by atoms with E-state index in [4.69, 9.17) is 9.47 Å². The number of carbonyl (C=O) groups excluding carboxylic acids is 1. The summed E-state index contributed by atoms with van der Waals surface area (Å²) in [5.41, 5.74) is -0.0215. The second-order valence-corrected chi connectivity index (χ2v) is 7.23. The van der Waals surface area contributed by atoms with Gasteiger partial charge < -0.3 is 14.8 Å². The Hall–Kier alpha value is -1.78. The smallest absolute Gasteiger partial charge is 0.407 e. The first-order valence-electron chi connectivity index (χ1n) is 8.85. The fourth-order valence-electron chi connectivity index (χ4n) is 2.28. The summed E-state index contributed by atoms with van der Waals surface area (Å²) < 4.78 is 23.9. The molecule has 0 aromatic carbocycles. The van der Waals surface area contributed by atoms with E-state index in [0.717, 1.165) is 19.3 Å². The van der Waals surface area contributed by atoms with Crippen LogP contribution in [0.2, 0.25) is 0 Å². The Morgan fingerprint density at radius 2 is 1.84 bits per heavy atom. The molecule has 4 nitrogen and oxygen atoms in total. The van der Waals surface area contributed by atoms with Crippen molar-refractivity contribution >= 4 is 6.09 Å². The molecule has 0 atom stereocenters. The number of halogens is 1. The predicted octanol–water partition coefficient (Wildman–Crippen LogP) is 5.67. The van der Waals surface area contributed by atoms with Gasteiger partial charge in [0.25, 0.3) is 0 Å². The molecule has 1 fully saturated rings. The van der Waals surface area contributed by atoms with Gasteiger partial charge in [0.1, 0.15) is 17.2 Å². The monoisotopic (exact) mass is 355 g/mol. The number of carbonyl (C=O) groups is 1. The topological polar surface area (TPSA) is 47.6 Å². The van der Waals surface area contributed by atoms with Crippen LogP contribution in [0, 0.1) is 5.41 Å². The van der Waals surface area contributed by atoms with Crippen LogP contribution in [0.5, 0.6) is 0 Å². The molecule has 144 valence electrons. The van der Waals surface area contributed by atoms with Gasteiger partial charge in [-0.05, 0) is 46.1 Å². The molecule has 5 heteroatoms. The van der Waals surface area contributed by atoms with Gasteiger partial charge in [-0.1, -0.05) is 33.4 Å². The molecule has 0 radical (unpaired) electrons. The van der Waals surface area contributed by atoms with Crippen molar-refractivity contribution in [2.45, 2.75) is 66.4 Å². The maximum absolute atomic E-state index is 13.0. The summed E-state index contributed by atoms with van der Waals surface area (Å²) in [5.74, 6) is -0.182. The number of alkyl carbamates (subject to hydrolysis) is 1. The lowest BCUT2D eigenvalue weighted by Crippen LogP contribution is -2.46. The zero-order chi connectivity index (χ0) is 19.7. The zero-order valence-electron chi connectivity index (χ0n) is 16.6. The van der Waals surface area contributed by atoms with Crippen LogP contribution in [0.3, 0.4) is 0 Å². The van der Waals surface area contributed by atoms with Gasteiger partial charge in [-0.25, -0.2) is 9.18 Å². The summed E-state index contributed by atoms with van der Waals surface area (Å²) in [7, 11) is 0. The molecule has 25 heavy (non-hydrogen) atoms. The van der Waals surface area contributed by atoms with Crippen molar-refractivity contribution in [3.8, 4) is 0 Å². The van der Waals surface area contributed by atoms with Crippen LogP contribution >= 0.6 is 0 Å². The first kappa shape index (κ1) is 23.2. The molecule has 0 heterocycles. The largest absolute Gasteiger partial charge is 0.493 e. The van der Waals surface area contributed by atoms with Gasteiger partial charge >= 0.3 is 6.09 Å². The summed E-state index contributed by atoms with van der Waals surface area (Å²) in [5, 5.41) is 2.80. The van der Waals surface area contributed by atoms with Gasteiger partial charge in [0.2, 0.25) is 0 Å². The van der Waals surface area contributed by atoms with Crippen LogP contribution in [0.15, 0.2) is 36.4 Å². The van der Waals surface area contributed by atoms with Crippen molar-refractivity contribution in [3.05, 3.63) is 36.4 Å². The van der Waals surface area contributed by atoms with Gasteiger partial charge in [-0.2, -0.15) is 0 Å². The molecule has 1 amide bonds. The molecular weight excluding hydrogens is 321 g/mol. The minimum Gasteiger partial charge on any atom is -0.493 e. The Morgan fingerprint density at radius 1 is 1.28 bits per heavy atom. The highest BCUT2D eigenvalue weighted by Gasteiger charge is 2.38. The number of hydrogen-bond donors (Lipinski definition) is 1. The zero-order valence-corrected chi connectivity index (χ0v) is 16.6. The van der Waals surface area contributed by atoms with E-state index in [2.05, 4.69) is 18.5 Å². The van der Waals surface area contributed by atoms with Gasteiger partial charge in [-0.15, -0.1) is 0 Å². The average molecular weight is 355 g/mol. The van der Waals surface area contributed by atoms with Gasteiger partial charge in [0, 0.05) is 18.0 Å². The molecular formula is C20H34FNO3. The number of allylic oxidation sites excluding steroid dienone is 3. The van der Waals surface area contributed by atoms with Crippen molar-refractivity contribution in [2.75, 3.05) is 13.2 Å². The van der Waals surface area contributed by atoms with Crippen LogP contribution in [-0.2, 0) is 9.47 Å². The van der Waals surface area contributed by atoms with Crippen molar-refractivity contribution in [2.24, 2.45) is 5.41 Å². The molecule has 1 N–H and O–H groups in total. The molecule has 1 saturated carbocycles. The fraction of sp³-hybridized carbons (Fsp3) is 0.650. The molecule has 0 spiro atoms. The van der Waals surface area contributed by atoms with Crippen LogP contribution < -0.4 is 5.32 Å². The van der Waals surface area contributed by atoms with E-state index in [1.165, 1.54) is 6.08 Å². The molecule has 0 aromatic rings. The highest BCUT2D eigenvalue weighted by Crippen LogP contribution is 2.41. The van der Waals surface area contributed by atoms with Crippen molar-refractivity contribution in [3.63, 3.8) is 0 Å². The lowest BCUT2D eigenvalue weighted by Gasteiger charge is -2.41. The maximum Gasteiger partial charge on any atom is 0.407 e. The number of amides is 1. The van der Waals surface area contributed by atoms with E-state index in [1.54, 1.807) is 6.92 Å². The highest BCUT2D eigenvalue weighted by atomic mass is 19.1. The van der Waals surface area contributed by atoms with E-state index >= 15 is 0 Å². The first-order valence-corrected chi connectivity index (χ1v) is 8.85. The maximum atomic E-state index is 13.0. The van der Waals surface area contributed by atoms with Crippen LogP contribution in [0.4, 0.5) is 9.18 Å². The van der Waals surface area contributed by atoms with E-state index in [-0.39, 0.29) is 5.41 Å². The Labute approximate surface area is 152 Å². The SMILES string of the molecule is C=C(F)/C=C(/OCC1(CNC(=O)OC(C)(C)C)CCC1)C(=C)C.CC. The summed E-state index contributed by atoms with van der Waals surface area (Å²) in [6.45, 7) is 19.1. The summed E-state index contributed by atoms with van der Waals surface area (Å²) >= 11 is 0. The summed E-state index contributed by atoms with van der Waals surface area (Å²) in [6, 6.07) is 0. The van der Waals surface area contributed by atoms with Crippen LogP contribution in [0.1, 0.15) is 60.8 Å². The third kappa shape index (κ3) is 9.32. The normalized spacial score (nSPS) is 15.9. The van der Waals surface area contributed by atoms with Gasteiger partial charge in [0.15, 0.2) is 0 Å². The highest BCUT2D eigenvalue weighted by molar-refractivity contribution is 5.67. The van der Waals surface area contributed by atoms with E-state index in [9.17, 15) is 9.18 Å². The van der Waals surface area contributed by atoms with Crippen LogP contribution in [-0.4, -0.2) is 24.8 Å². The molecule has 0 unspecified atom stereocenters. The Kier molecular flexibility index (Phi) is 9.53. The molecule has 1 aliphatic carbocycles. The van der Waals surface area contributed by atoms with Gasteiger partial charge in [0.05, 0.1) is 6.61 Å². The van der Waals surface area contributed by atoms with Crippen molar-refractivity contribution < 1.29 is 18.7 Å². The quantitative estimate of drug-likeness (QED) is 0.473. The minimum absolute atomic E-state index is 0.136. The van der Waals surface area contributed by atoms with Crippen LogP contribution in [0.25, 0.3) is 0 Å². The predicted molar refractivity (Wildman–Crippen MR) is 101 cm³/mol. The van der Waals surface area contributed by atoms with E-state index in [1.807, 2.05) is 34.6 Å². The summed E-state index contributed by atoms with van der Waals surface area (Å²) in [4.78, 5) is 11.8. The molecule has 1 aliphatic rings. The Morgan fingerprint density at radius 3 is 2.20 bits per heavy atom. The Bertz CT molecular complexity index is 500. The van der Waals surface area contributed by atoms with E-state index < -0.39 is 17.5 Å². The van der Waals surface area contributed by atoms with Crippen molar-refractivity contribution in [1.29, 1.82) is 0 Å². The molecule has 1 rings (SSSR count). The van der Waals surface area contributed by atoms with E-state index in [0.29, 0.717) is 24.5 Å². The molecule has 0 saturated heterocycles. The van der Waals surface area contributed by atoms with Crippen molar-refractivity contribution in [1.82, 2.24) is 5.32 Å². The Balaban J connectivity index is 0.00000277. The standard InChI is InChI=1S/C18H28FNO3.C2H6/c1-13(2)15(10-14(3)19)22-12-18(8-7-9-18)11-20-16(21)23-17(4,5)6;1-2/h10H,1,3,7-9,11-12H2,2,4-6H3,(H,20,21);1-2H3/b15-10+;. The second-order valence-electron chi connectivity index (χ2n) is 7.23. The fourth-order valence-corrected chi connectivity index (χ4v) is 2.28. The number of ether oxygens (including phenoxy) is 2. The lowest BCUT2D eigenvalue weighted by atomic mass is 9.69. The van der Waals surface area contributed by atoms with Gasteiger partial charge in [-0.3, -0.25) is 0 Å². The number of rotatable bonds is 7. The second kappa shape index (κ2) is 10.3. The third-order valence-corrected chi connectivity index (χ3v) is 3.66. The minimum atomic E-state index is -0.572. The molecule has 0 aromatic heterocycles. The number of hydrogen-bond acceptors (Lipinski definition) is 3. The molecule has 0 bridgehead atoms. The third-order valence-electron chi connectivity index (χ3n) is 3.66. The number of nitrogens with one attached hydrogen (secondary N) is 1.